The molecule has 0 fully saturated rings. The molecule has 1 aromatic carbocycles. The van der Waals surface area contributed by atoms with Gasteiger partial charge in [0.05, 0.1) is 0 Å². The van der Waals surface area contributed by atoms with Crippen molar-refractivity contribution < 1.29 is 0 Å². The molecule has 1 aromatic rings. The van der Waals surface area contributed by atoms with Crippen LogP contribution in [0.4, 0.5) is 0 Å². The summed E-state index contributed by atoms with van der Waals surface area (Å²) in [6.45, 7) is 2.15. The number of rotatable bonds is 0. The Kier molecular flexibility index (Phi) is 1.54. The number of benzene rings is 1. The molecule has 0 nitrogen and oxygen atoms in total. The molecule has 2 rings (SSSR count). The summed E-state index contributed by atoms with van der Waals surface area (Å²) in [6, 6.07) is 8.50. The van der Waals surface area contributed by atoms with Gasteiger partial charge < -0.3 is 0 Å². The first-order valence-electron chi connectivity index (χ1n) is 4.03. The molecule has 0 spiro atoms. The quantitative estimate of drug-likeness (QED) is 0.524. The number of fused-ring (bicyclic) bond motifs is 1. The van der Waals surface area contributed by atoms with Crippen molar-refractivity contribution in [2.75, 3.05) is 0 Å². The van der Waals surface area contributed by atoms with Gasteiger partial charge >= 0.3 is 0 Å². The predicted molar refractivity (Wildman–Crippen MR) is 46.3 cm³/mol. The molecule has 0 amide bonds. The summed E-state index contributed by atoms with van der Waals surface area (Å²) in [5, 5.41) is 0. The van der Waals surface area contributed by atoms with Crippen LogP contribution in [0.3, 0.4) is 0 Å². The summed E-state index contributed by atoms with van der Waals surface area (Å²) in [7, 11) is 0. The lowest BCUT2D eigenvalue weighted by Crippen LogP contribution is -1.97. The number of allylic oxidation sites excluding steroid dienone is 1. The van der Waals surface area contributed by atoms with Crippen molar-refractivity contribution in [1.29, 1.82) is 0 Å². The largest absolute Gasteiger partial charge is 0.0645 e. The van der Waals surface area contributed by atoms with Gasteiger partial charge in [0.25, 0.3) is 0 Å². The molecule has 0 heteroatoms. The summed E-state index contributed by atoms with van der Waals surface area (Å²) in [4.78, 5) is 0. The van der Waals surface area contributed by atoms with Gasteiger partial charge in [-0.2, -0.15) is 0 Å². The molecule has 1 aliphatic carbocycles. The monoisotopic (exact) mass is 143 g/mol. The van der Waals surface area contributed by atoms with Gasteiger partial charge in [0, 0.05) is 0 Å². The average Bonchev–Trinajstić information content (AvgIpc) is 2.04. The Balaban J connectivity index is 2.51. The van der Waals surface area contributed by atoms with Crippen LogP contribution in [0.5, 0.6) is 0 Å². The van der Waals surface area contributed by atoms with Gasteiger partial charge in [0.1, 0.15) is 0 Å². The minimum atomic E-state index is 1.18. The Labute approximate surface area is 67.6 Å². The van der Waals surface area contributed by atoms with Crippen LogP contribution in [0.2, 0.25) is 0 Å². The molecule has 0 saturated heterocycles. The molecule has 0 aromatic heterocycles. The number of hydrogen-bond donors (Lipinski definition) is 0. The van der Waals surface area contributed by atoms with Gasteiger partial charge in [-0.25, -0.2) is 0 Å². The molecule has 1 radical (unpaired) electrons. The van der Waals surface area contributed by atoms with Crippen LogP contribution in [-0.2, 0) is 6.42 Å². The van der Waals surface area contributed by atoms with Crippen molar-refractivity contribution in [2.45, 2.75) is 19.8 Å². The molecule has 0 unspecified atom stereocenters. The second kappa shape index (κ2) is 2.54. The summed E-state index contributed by atoms with van der Waals surface area (Å²) in [5.74, 6) is 0. The fourth-order valence-corrected chi connectivity index (χ4v) is 1.47. The maximum atomic E-state index is 3.38. The minimum Gasteiger partial charge on any atom is -0.0645 e. The van der Waals surface area contributed by atoms with Crippen molar-refractivity contribution in [1.82, 2.24) is 0 Å². The van der Waals surface area contributed by atoms with Crippen molar-refractivity contribution in [3.8, 4) is 0 Å². The van der Waals surface area contributed by atoms with Gasteiger partial charge in [0.2, 0.25) is 0 Å². The SMILES string of the molecule is CC1=[C]c2ccccc2CC1. The Bertz CT molecular complexity index is 295. The highest BCUT2D eigenvalue weighted by atomic mass is 14.1. The Morgan fingerprint density at radius 1 is 1.18 bits per heavy atom. The zero-order chi connectivity index (χ0) is 7.68. The average molecular weight is 143 g/mol. The molecule has 0 aliphatic heterocycles. The zero-order valence-electron chi connectivity index (χ0n) is 6.72. The van der Waals surface area contributed by atoms with E-state index in [4.69, 9.17) is 0 Å². The van der Waals surface area contributed by atoms with E-state index >= 15 is 0 Å². The number of aryl methyl sites for hydroxylation is 1. The van der Waals surface area contributed by atoms with Crippen LogP contribution >= 0.6 is 0 Å². The lowest BCUT2D eigenvalue weighted by Gasteiger charge is -2.11. The highest BCUT2D eigenvalue weighted by Gasteiger charge is 2.05. The zero-order valence-corrected chi connectivity index (χ0v) is 6.72. The second-order valence-corrected chi connectivity index (χ2v) is 3.06. The maximum Gasteiger partial charge on any atom is -0.0114 e. The smallest absolute Gasteiger partial charge is 0.0114 e. The van der Waals surface area contributed by atoms with E-state index in [0.717, 1.165) is 0 Å². The van der Waals surface area contributed by atoms with Crippen molar-refractivity contribution in [3.05, 3.63) is 47.0 Å². The molecule has 0 N–H and O–H groups in total. The Morgan fingerprint density at radius 3 is 2.91 bits per heavy atom. The third-order valence-electron chi connectivity index (χ3n) is 2.13. The first kappa shape index (κ1) is 6.66. The lowest BCUT2D eigenvalue weighted by atomic mass is 9.93. The van der Waals surface area contributed by atoms with E-state index in [2.05, 4.69) is 37.3 Å². The van der Waals surface area contributed by atoms with Crippen LogP contribution < -0.4 is 0 Å². The molecule has 11 heavy (non-hydrogen) atoms. The molecular weight excluding hydrogens is 132 g/mol. The molecular formula is C11H11. The van der Waals surface area contributed by atoms with Crippen LogP contribution in [0, 0.1) is 6.08 Å². The summed E-state index contributed by atoms with van der Waals surface area (Å²) >= 11 is 0. The fraction of sp³-hybridized carbons (Fsp3) is 0.273. The minimum absolute atomic E-state index is 1.18. The maximum absolute atomic E-state index is 3.38. The van der Waals surface area contributed by atoms with Gasteiger partial charge in [-0.15, -0.1) is 0 Å². The lowest BCUT2D eigenvalue weighted by molar-refractivity contribution is 0.903. The predicted octanol–water partition coefficient (Wildman–Crippen LogP) is 2.73. The van der Waals surface area contributed by atoms with E-state index in [9.17, 15) is 0 Å². The van der Waals surface area contributed by atoms with Crippen molar-refractivity contribution in [3.63, 3.8) is 0 Å². The molecule has 55 valence electrons. The molecule has 1 aliphatic rings. The first-order valence-corrected chi connectivity index (χ1v) is 4.03. The van der Waals surface area contributed by atoms with E-state index in [1.54, 1.807) is 0 Å². The van der Waals surface area contributed by atoms with E-state index < -0.39 is 0 Å². The van der Waals surface area contributed by atoms with Crippen LogP contribution in [0.25, 0.3) is 0 Å². The third-order valence-corrected chi connectivity index (χ3v) is 2.13. The molecule has 0 saturated carbocycles. The van der Waals surface area contributed by atoms with E-state index in [-0.39, 0.29) is 0 Å². The van der Waals surface area contributed by atoms with E-state index in [0.29, 0.717) is 0 Å². The van der Waals surface area contributed by atoms with E-state index in [1.165, 1.54) is 29.5 Å². The number of hydrogen-bond acceptors (Lipinski definition) is 0. The summed E-state index contributed by atoms with van der Waals surface area (Å²) in [5.41, 5.74) is 4.11. The van der Waals surface area contributed by atoms with Crippen LogP contribution in [0.15, 0.2) is 29.8 Å². The molecule has 0 atom stereocenters. The first-order chi connectivity index (χ1) is 5.36. The molecule has 0 bridgehead atoms. The van der Waals surface area contributed by atoms with Crippen molar-refractivity contribution in [2.24, 2.45) is 0 Å². The highest BCUT2D eigenvalue weighted by molar-refractivity contribution is 5.36. The van der Waals surface area contributed by atoms with Crippen LogP contribution in [-0.4, -0.2) is 0 Å². The van der Waals surface area contributed by atoms with E-state index in [1.807, 2.05) is 0 Å². The highest BCUT2D eigenvalue weighted by Crippen LogP contribution is 2.20. The summed E-state index contributed by atoms with van der Waals surface area (Å²) < 4.78 is 0. The second-order valence-electron chi connectivity index (χ2n) is 3.06. The Morgan fingerprint density at radius 2 is 2.00 bits per heavy atom. The fourth-order valence-electron chi connectivity index (χ4n) is 1.47. The third kappa shape index (κ3) is 1.21. The standard InChI is InChI=1S/C11H11/c1-9-6-7-10-4-2-3-5-11(10)8-9/h2-5H,6-7H2,1H3. The normalized spacial score (nSPS) is 15.5. The van der Waals surface area contributed by atoms with Gasteiger partial charge in [0.15, 0.2) is 0 Å². The van der Waals surface area contributed by atoms with Crippen molar-refractivity contribution >= 4 is 0 Å². The molecule has 0 heterocycles. The van der Waals surface area contributed by atoms with Gasteiger partial charge in [-0.3, -0.25) is 0 Å². The topological polar surface area (TPSA) is 0 Å². The van der Waals surface area contributed by atoms with Gasteiger partial charge in [-0.1, -0.05) is 29.8 Å². The Hall–Kier alpha value is -1.04. The summed E-state index contributed by atoms with van der Waals surface area (Å²) in [6.07, 6.45) is 5.74. The van der Waals surface area contributed by atoms with Crippen LogP contribution in [0.1, 0.15) is 24.5 Å². The van der Waals surface area contributed by atoms with Gasteiger partial charge in [-0.05, 0) is 37.0 Å².